The van der Waals surface area contributed by atoms with Crippen molar-refractivity contribution >= 4 is 23.3 Å². The van der Waals surface area contributed by atoms with Crippen LogP contribution in [0.2, 0.25) is 0 Å². The van der Waals surface area contributed by atoms with Gasteiger partial charge >= 0.3 is 0 Å². The number of carbonyl (C=O) groups is 1. The molecule has 0 bridgehead atoms. The summed E-state index contributed by atoms with van der Waals surface area (Å²) < 4.78 is 13.2. The van der Waals surface area contributed by atoms with Gasteiger partial charge in [-0.25, -0.2) is 9.37 Å². The van der Waals surface area contributed by atoms with Crippen molar-refractivity contribution in [2.45, 2.75) is 92.3 Å². The summed E-state index contributed by atoms with van der Waals surface area (Å²) in [5, 5.41) is 12.5. The molecule has 1 aromatic heterocycles. The Morgan fingerprint density at radius 1 is 1.03 bits per heavy atom. The molecule has 4 rings (SSSR count). The van der Waals surface area contributed by atoms with E-state index in [-0.39, 0.29) is 29.3 Å². The van der Waals surface area contributed by atoms with Gasteiger partial charge in [0.15, 0.2) is 0 Å². The molecule has 1 saturated heterocycles. The molecule has 1 amide bonds. The lowest BCUT2D eigenvalue weighted by Crippen LogP contribution is -2.58. The Labute approximate surface area is 241 Å². The number of piperazine rings is 1. The van der Waals surface area contributed by atoms with Crippen molar-refractivity contribution in [1.82, 2.24) is 15.2 Å². The molecule has 2 unspecified atom stereocenters. The molecule has 0 radical (unpaired) electrons. The number of aromatic nitrogens is 1. The molecule has 2 atom stereocenters. The molecule has 8 heteroatoms. The van der Waals surface area contributed by atoms with Crippen LogP contribution in [0, 0.1) is 17.1 Å². The van der Waals surface area contributed by atoms with E-state index in [0.29, 0.717) is 31.6 Å². The number of hydrogen-bond acceptors (Lipinski definition) is 5. The maximum Gasteiger partial charge on any atom is 0.223 e. The molecule has 2 fully saturated rings. The van der Waals surface area contributed by atoms with Crippen LogP contribution in [0.3, 0.4) is 0 Å². The van der Waals surface area contributed by atoms with Crippen LogP contribution in [0.5, 0.6) is 0 Å². The second kappa shape index (κ2) is 19.4. The first kappa shape index (κ1) is 36.3. The van der Waals surface area contributed by atoms with E-state index in [9.17, 15) is 9.18 Å². The summed E-state index contributed by atoms with van der Waals surface area (Å²) in [6, 6.07) is 12.7. The highest BCUT2D eigenvalue weighted by atomic mass is 35.5. The van der Waals surface area contributed by atoms with Crippen molar-refractivity contribution in [1.29, 1.82) is 5.26 Å². The lowest BCUT2D eigenvalue weighted by molar-refractivity contribution is -0.132. The standard InChI is InChI=1S/C24H28FN5O.3C2H6.CH3Cl/c1-17-15-29(16-18(2)30(17)22-8-3-19(13-26)14-27-22)23(31)9-12-28-24(10-11-24)20-4-6-21(25)7-5-20;4*1-2/h3-8,14,17-18,28H,9-12,15-16H2,1-2H3;3*1-2H3;1H3. The van der Waals surface area contributed by atoms with Crippen LogP contribution >= 0.6 is 11.6 Å². The number of anilines is 1. The van der Waals surface area contributed by atoms with Crippen LogP contribution in [0.1, 0.15) is 85.8 Å². The zero-order valence-electron chi connectivity index (χ0n) is 25.4. The highest BCUT2D eigenvalue weighted by Crippen LogP contribution is 2.45. The molecule has 39 heavy (non-hydrogen) atoms. The quantitative estimate of drug-likeness (QED) is 0.380. The number of nitrogens with zero attached hydrogens (tertiary/aromatic N) is 4. The Kier molecular flexibility index (Phi) is 18.0. The van der Waals surface area contributed by atoms with Gasteiger partial charge in [0.25, 0.3) is 0 Å². The van der Waals surface area contributed by atoms with Crippen molar-refractivity contribution < 1.29 is 9.18 Å². The summed E-state index contributed by atoms with van der Waals surface area (Å²) in [6.07, 6.45) is 5.53. The van der Waals surface area contributed by atoms with Gasteiger partial charge < -0.3 is 15.1 Å². The van der Waals surface area contributed by atoms with E-state index >= 15 is 0 Å². The zero-order chi connectivity index (χ0) is 30.0. The number of rotatable bonds is 6. The number of halogens is 2. The normalized spacial score (nSPS) is 18.2. The minimum Gasteiger partial charge on any atom is -0.348 e. The van der Waals surface area contributed by atoms with Gasteiger partial charge in [-0.05, 0) is 56.5 Å². The Bertz CT molecular complexity index is 962. The smallest absolute Gasteiger partial charge is 0.223 e. The van der Waals surface area contributed by atoms with Crippen molar-refractivity contribution in [2.75, 3.05) is 30.9 Å². The highest BCUT2D eigenvalue weighted by molar-refractivity contribution is 6.15. The molecule has 1 aliphatic carbocycles. The number of amides is 1. The molecule has 1 aliphatic heterocycles. The molecule has 2 aromatic rings. The van der Waals surface area contributed by atoms with E-state index in [1.165, 1.54) is 18.5 Å². The van der Waals surface area contributed by atoms with E-state index in [0.717, 1.165) is 24.2 Å². The van der Waals surface area contributed by atoms with Crippen LogP contribution in [0.4, 0.5) is 10.2 Å². The first-order valence-electron chi connectivity index (χ1n) is 14.2. The van der Waals surface area contributed by atoms with Crippen LogP contribution in [-0.4, -0.2) is 53.9 Å². The molecule has 2 aliphatic rings. The van der Waals surface area contributed by atoms with E-state index in [4.69, 9.17) is 5.26 Å². The van der Waals surface area contributed by atoms with Crippen LogP contribution in [0.25, 0.3) is 0 Å². The van der Waals surface area contributed by atoms with E-state index in [1.54, 1.807) is 12.3 Å². The maximum absolute atomic E-state index is 13.2. The predicted molar refractivity (Wildman–Crippen MR) is 163 cm³/mol. The number of benzene rings is 1. The van der Waals surface area contributed by atoms with Gasteiger partial charge in [0.05, 0.1) is 5.56 Å². The van der Waals surface area contributed by atoms with Crippen molar-refractivity contribution in [2.24, 2.45) is 0 Å². The van der Waals surface area contributed by atoms with E-state index < -0.39 is 0 Å². The summed E-state index contributed by atoms with van der Waals surface area (Å²) >= 11 is 4.64. The summed E-state index contributed by atoms with van der Waals surface area (Å²) in [7, 11) is 0. The largest absolute Gasteiger partial charge is 0.348 e. The number of carbonyl (C=O) groups excluding carboxylic acids is 1. The Morgan fingerprint density at radius 2 is 1.56 bits per heavy atom. The lowest BCUT2D eigenvalue weighted by Gasteiger charge is -2.45. The first-order chi connectivity index (χ1) is 18.9. The van der Waals surface area contributed by atoms with Crippen LogP contribution < -0.4 is 10.2 Å². The van der Waals surface area contributed by atoms with Crippen LogP contribution in [0.15, 0.2) is 42.6 Å². The lowest BCUT2D eigenvalue weighted by atomic mass is 10.0. The zero-order valence-corrected chi connectivity index (χ0v) is 26.1. The van der Waals surface area contributed by atoms with Crippen molar-refractivity contribution in [3.05, 3.63) is 59.5 Å². The van der Waals surface area contributed by atoms with Gasteiger partial charge in [0.2, 0.25) is 5.91 Å². The third-order valence-electron chi connectivity index (χ3n) is 6.36. The summed E-state index contributed by atoms with van der Waals surface area (Å²) in [4.78, 5) is 21.5. The number of alkyl halides is 1. The topological polar surface area (TPSA) is 72.3 Å². The third kappa shape index (κ3) is 10.4. The Hall–Kier alpha value is -2.69. The second-order valence-electron chi connectivity index (χ2n) is 8.69. The fourth-order valence-corrected chi connectivity index (χ4v) is 4.61. The molecule has 0 spiro atoms. The fraction of sp³-hybridized carbons (Fsp3) is 0.581. The van der Waals surface area contributed by atoms with Gasteiger partial charge in [-0.2, -0.15) is 5.26 Å². The van der Waals surface area contributed by atoms with E-state index in [1.807, 2.05) is 64.6 Å². The minimum absolute atomic E-state index is 0.103. The molecule has 2 heterocycles. The van der Waals surface area contributed by atoms with Gasteiger partial charge in [-0.1, -0.05) is 53.7 Å². The van der Waals surface area contributed by atoms with Gasteiger partial charge in [0, 0.05) is 56.3 Å². The average molecular weight is 562 g/mol. The SMILES string of the molecule is CC.CC.CC.CC1CN(C(=O)CCNC2(c3ccc(F)cc3)CC2)CC(C)N1c1ccc(C#N)cn1.CCl. The summed E-state index contributed by atoms with van der Waals surface area (Å²) in [5.74, 6) is 0.754. The maximum atomic E-state index is 13.2. The van der Waals surface area contributed by atoms with Crippen LogP contribution in [-0.2, 0) is 10.3 Å². The molecule has 6 nitrogen and oxygen atoms in total. The first-order valence-corrected chi connectivity index (χ1v) is 15.0. The second-order valence-corrected chi connectivity index (χ2v) is 8.69. The molecular weight excluding hydrogens is 513 g/mol. The van der Waals surface area contributed by atoms with Crippen molar-refractivity contribution in [3.8, 4) is 6.07 Å². The number of nitriles is 1. The monoisotopic (exact) mass is 561 g/mol. The van der Waals surface area contributed by atoms with Gasteiger partial charge in [-0.15, -0.1) is 11.6 Å². The minimum atomic E-state index is -0.228. The average Bonchev–Trinajstić information content (AvgIpc) is 3.78. The van der Waals surface area contributed by atoms with Gasteiger partial charge in [0.1, 0.15) is 17.7 Å². The Morgan fingerprint density at radius 3 is 2.00 bits per heavy atom. The van der Waals surface area contributed by atoms with E-state index in [2.05, 4.69) is 46.7 Å². The molecule has 218 valence electrons. The number of hydrogen-bond donors (Lipinski definition) is 1. The number of pyridine rings is 1. The molecule has 1 saturated carbocycles. The number of nitrogens with one attached hydrogen (secondary N) is 1. The third-order valence-corrected chi connectivity index (χ3v) is 6.36. The Balaban J connectivity index is 0.00000166. The summed E-state index contributed by atoms with van der Waals surface area (Å²) in [5.41, 5.74) is 1.53. The highest BCUT2D eigenvalue weighted by Gasteiger charge is 2.43. The summed E-state index contributed by atoms with van der Waals surface area (Å²) in [6.45, 7) is 18.1. The van der Waals surface area contributed by atoms with Crippen molar-refractivity contribution in [3.63, 3.8) is 0 Å². The molecular formula is C31H49ClFN5O. The predicted octanol–water partition coefficient (Wildman–Crippen LogP) is 7.12. The fourth-order valence-electron chi connectivity index (χ4n) is 4.61. The molecule has 1 N–H and O–H groups in total. The molecule has 1 aromatic carbocycles. The van der Waals surface area contributed by atoms with Gasteiger partial charge in [-0.3, -0.25) is 4.79 Å².